The quantitative estimate of drug-likeness (QED) is 0.174. The highest BCUT2D eigenvalue weighted by atomic mass is 15.2. The number of anilines is 5. The fourth-order valence-electron chi connectivity index (χ4n) is 9.38. The highest BCUT2D eigenvalue weighted by Crippen LogP contribution is 2.56. The van der Waals surface area contributed by atoms with Crippen LogP contribution in [-0.2, 0) is 5.41 Å². The Morgan fingerprint density at radius 2 is 1.10 bits per heavy atom. The molecule has 0 unspecified atom stereocenters. The molecule has 0 aromatic heterocycles. The number of rotatable bonds is 3. The van der Waals surface area contributed by atoms with Crippen molar-refractivity contribution in [3.63, 3.8) is 0 Å². The van der Waals surface area contributed by atoms with Crippen LogP contribution in [0.3, 0.4) is 0 Å². The largest absolute Gasteiger partial charge is 0.376 e. The van der Waals surface area contributed by atoms with Crippen LogP contribution >= 0.6 is 0 Å². The van der Waals surface area contributed by atoms with Gasteiger partial charge in [-0.3, -0.25) is 0 Å². The first-order valence-corrected chi connectivity index (χ1v) is 18.3. The van der Waals surface area contributed by atoms with Gasteiger partial charge in [-0.25, -0.2) is 0 Å². The van der Waals surface area contributed by atoms with E-state index in [9.17, 15) is 0 Å². The summed E-state index contributed by atoms with van der Waals surface area (Å²) in [6.45, 7) is 4.75. The molecule has 0 N–H and O–H groups in total. The molecule has 0 saturated carbocycles. The molecule has 3 aliphatic heterocycles. The Kier molecular flexibility index (Phi) is 6.13. The number of nitrogens with zero attached hydrogens (tertiary/aromatic N) is 2. The fourth-order valence-corrected chi connectivity index (χ4v) is 9.38. The number of hydrogen-bond donors (Lipinski definition) is 0. The van der Waals surface area contributed by atoms with Gasteiger partial charge in [-0.05, 0) is 85.6 Å². The maximum Gasteiger partial charge on any atom is 0.333 e. The van der Waals surface area contributed by atoms with Crippen molar-refractivity contribution in [1.29, 1.82) is 0 Å². The molecule has 3 heterocycles. The Morgan fingerprint density at radius 3 is 1.88 bits per heavy atom. The van der Waals surface area contributed by atoms with Gasteiger partial charge in [0.15, 0.2) is 0 Å². The zero-order chi connectivity index (χ0) is 34.6. The molecule has 0 saturated heterocycles. The standard InChI is InChI=1S/C49H35BN2/c1-49(2)41-20-11-12-23-44(41)51-47-38-19-10-9-18-36(38)30-40-39-29-26-35(33-16-7-4-8-17-33)31-45(39)52(50(46(40)47)43-22-13-21-42(49)48(43)51)37-27-24-34(25-28-37)32-14-5-3-6-15-32/h3-31H,1-2H3. The lowest BCUT2D eigenvalue weighted by Crippen LogP contribution is -2.62. The van der Waals surface area contributed by atoms with Gasteiger partial charge in [0.1, 0.15) is 0 Å². The average molecular weight is 663 g/mol. The molecule has 0 amide bonds. The van der Waals surface area contributed by atoms with Crippen LogP contribution in [0.1, 0.15) is 25.0 Å². The molecular weight excluding hydrogens is 627 g/mol. The zero-order valence-electron chi connectivity index (χ0n) is 29.2. The van der Waals surface area contributed by atoms with Gasteiger partial charge in [0, 0.05) is 33.4 Å². The van der Waals surface area contributed by atoms with E-state index in [2.05, 4.69) is 199 Å². The van der Waals surface area contributed by atoms with Gasteiger partial charge in [0.05, 0.1) is 11.4 Å². The molecule has 8 aromatic rings. The molecule has 0 radical (unpaired) electrons. The van der Waals surface area contributed by atoms with Crippen LogP contribution in [0.15, 0.2) is 176 Å². The molecule has 11 rings (SSSR count). The first-order valence-electron chi connectivity index (χ1n) is 18.3. The second-order valence-electron chi connectivity index (χ2n) is 14.9. The summed E-state index contributed by atoms with van der Waals surface area (Å²) in [7, 11) is 0. The fraction of sp³-hybridized carbons (Fsp3) is 0.0612. The van der Waals surface area contributed by atoms with Crippen molar-refractivity contribution in [2.45, 2.75) is 19.3 Å². The van der Waals surface area contributed by atoms with E-state index < -0.39 is 0 Å². The monoisotopic (exact) mass is 662 g/mol. The van der Waals surface area contributed by atoms with Crippen LogP contribution in [0.5, 0.6) is 0 Å². The molecule has 0 spiro atoms. The molecule has 2 nitrogen and oxygen atoms in total. The summed E-state index contributed by atoms with van der Waals surface area (Å²) in [6, 6.07) is 65.4. The van der Waals surface area contributed by atoms with Crippen LogP contribution in [0.4, 0.5) is 28.4 Å². The zero-order valence-corrected chi connectivity index (χ0v) is 29.2. The summed E-state index contributed by atoms with van der Waals surface area (Å²) in [5.41, 5.74) is 19.0. The second-order valence-corrected chi connectivity index (χ2v) is 14.9. The predicted octanol–water partition coefficient (Wildman–Crippen LogP) is 11.5. The van der Waals surface area contributed by atoms with Crippen molar-refractivity contribution in [3.8, 4) is 33.4 Å². The number of hydrogen-bond acceptors (Lipinski definition) is 2. The minimum atomic E-state index is -0.168. The smallest absolute Gasteiger partial charge is 0.333 e. The van der Waals surface area contributed by atoms with Gasteiger partial charge in [0.2, 0.25) is 0 Å². The molecule has 0 aliphatic carbocycles. The summed E-state index contributed by atoms with van der Waals surface area (Å²) in [4.78, 5) is 5.25. The minimum absolute atomic E-state index is 0.0389. The average Bonchev–Trinajstić information content (AvgIpc) is 3.21. The molecule has 0 fully saturated rings. The van der Waals surface area contributed by atoms with Gasteiger partial charge >= 0.3 is 6.85 Å². The predicted molar refractivity (Wildman–Crippen MR) is 221 cm³/mol. The third-order valence-corrected chi connectivity index (χ3v) is 11.8. The molecule has 52 heavy (non-hydrogen) atoms. The molecular formula is C49H35BN2. The lowest BCUT2D eigenvalue weighted by molar-refractivity contribution is 0.632. The summed E-state index contributed by atoms with van der Waals surface area (Å²) in [5.74, 6) is 0. The summed E-state index contributed by atoms with van der Waals surface area (Å²) >= 11 is 0. The summed E-state index contributed by atoms with van der Waals surface area (Å²) < 4.78 is 0. The lowest BCUT2D eigenvalue weighted by atomic mass is 9.42. The molecule has 0 atom stereocenters. The van der Waals surface area contributed by atoms with E-state index in [4.69, 9.17) is 0 Å². The maximum absolute atomic E-state index is 2.64. The van der Waals surface area contributed by atoms with Gasteiger partial charge in [0.25, 0.3) is 0 Å². The SMILES string of the molecule is CC1(C)c2ccccc2N2c3c(cccc31)B1c3c(cc4ccccc4c32)-c2ccc(-c3ccccc3)cc2N1c1ccc(-c2ccccc2)cc1. The van der Waals surface area contributed by atoms with E-state index in [1.807, 2.05) is 0 Å². The summed E-state index contributed by atoms with van der Waals surface area (Å²) in [5, 5.41) is 2.54. The second kappa shape index (κ2) is 10.8. The molecule has 3 aliphatic rings. The van der Waals surface area contributed by atoms with E-state index in [0.717, 1.165) is 0 Å². The van der Waals surface area contributed by atoms with E-state index in [1.54, 1.807) is 0 Å². The third-order valence-electron chi connectivity index (χ3n) is 11.8. The topological polar surface area (TPSA) is 6.48 Å². The number of para-hydroxylation sites is 2. The van der Waals surface area contributed by atoms with Crippen molar-refractivity contribution in [2.24, 2.45) is 0 Å². The van der Waals surface area contributed by atoms with Crippen molar-refractivity contribution in [2.75, 3.05) is 9.71 Å². The van der Waals surface area contributed by atoms with Gasteiger partial charge in [-0.2, -0.15) is 0 Å². The van der Waals surface area contributed by atoms with Crippen molar-refractivity contribution >= 4 is 57.0 Å². The molecule has 8 aromatic carbocycles. The van der Waals surface area contributed by atoms with Gasteiger partial charge in [-0.15, -0.1) is 0 Å². The van der Waals surface area contributed by atoms with Gasteiger partial charge < -0.3 is 9.71 Å². The van der Waals surface area contributed by atoms with Gasteiger partial charge in [-0.1, -0.05) is 159 Å². The van der Waals surface area contributed by atoms with E-state index >= 15 is 0 Å². The third kappa shape index (κ3) is 4.02. The van der Waals surface area contributed by atoms with E-state index in [-0.39, 0.29) is 12.3 Å². The lowest BCUT2D eigenvalue weighted by Gasteiger charge is -2.50. The molecule has 3 heteroatoms. The maximum atomic E-state index is 2.64. The molecule has 0 bridgehead atoms. The van der Waals surface area contributed by atoms with Crippen LogP contribution in [0.2, 0.25) is 0 Å². The minimum Gasteiger partial charge on any atom is -0.376 e. The normalized spacial score (nSPS) is 14.4. The Labute approximate surface area is 305 Å². The van der Waals surface area contributed by atoms with Crippen molar-refractivity contribution in [3.05, 3.63) is 187 Å². The Balaban J connectivity index is 1.26. The highest BCUT2D eigenvalue weighted by Gasteiger charge is 2.49. The van der Waals surface area contributed by atoms with Crippen molar-refractivity contribution in [1.82, 2.24) is 0 Å². The van der Waals surface area contributed by atoms with Crippen LogP contribution in [0.25, 0.3) is 44.2 Å². The van der Waals surface area contributed by atoms with Crippen molar-refractivity contribution < 1.29 is 0 Å². The Bertz CT molecular complexity index is 2720. The van der Waals surface area contributed by atoms with Crippen LogP contribution in [-0.4, -0.2) is 6.85 Å². The Morgan fingerprint density at radius 1 is 0.462 bits per heavy atom. The first-order chi connectivity index (χ1) is 25.6. The van der Waals surface area contributed by atoms with E-state index in [0.29, 0.717) is 0 Å². The van der Waals surface area contributed by atoms with Crippen LogP contribution < -0.4 is 20.6 Å². The Hall–Kier alpha value is -6.32. The first kappa shape index (κ1) is 29.4. The van der Waals surface area contributed by atoms with Crippen LogP contribution in [0, 0.1) is 0 Å². The summed E-state index contributed by atoms with van der Waals surface area (Å²) in [6.07, 6.45) is 0. The number of fused-ring (bicyclic) bond motifs is 8. The van der Waals surface area contributed by atoms with E-state index in [1.165, 1.54) is 94.6 Å². The molecule has 244 valence electrons. The number of benzene rings is 8. The highest BCUT2D eigenvalue weighted by molar-refractivity contribution is 6.94.